The summed E-state index contributed by atoms with van der Waals surface area (Å²) in [6.45, 7) is 3.45. The van der Waals surface area contributed by atoms with E-state index in [1.165, 1.54) is 32.0 Å². The predicted molar refractivity (Wildman–Crippen MR) is 90.1 cm³/mol. The summed E-state index contributed by atoms with van der Waals surface area (Å²) in [4.78, 5) is 2.41. The molecule has 2 N–H and O–H groups in total. The van der Waals surface area contributed by atoms with E-state index in [2.05, 4.69) is 22.6 Å². The van der Waals surface area contributed by atoms with Crippen molar-refractivity contribution in [2.75, 3.05) is 32.0 Å². The molecular formula is C17H25ClFN3. The Labute approximate surface area is 137 Å². The van der Waals surface area contributed by atoms with E-state index in [1.807, 2.05) is 0 Å². The molecule has 2 aliphatic rings. The molecule has 122 valence electrons. The molecule has 0 amide bonds. The van der Waals surface area contributed by atoms with Gasteiger partial charge in [0, 0.05) is 17.8 Å². The minimum atomic E-state index is -0.360. The molecule has 22 heavy (non-hydrogen) atoms. The van der Waals surface area contributed by atoms with Gasteiger partial charge in [0.05, 0.1) is 5.02 Å². The number of rotatable bonds is 3. The molecule has 0 bridgehead atoms. The van der Waals surface area contributed by atoms with Crippen molar-refractivity contribution in [3.8, 4) is 0 Å². The van der Waals surface area contributed by atoms with Crippen molar-refractivity contribution in [1.82, 2.24) is 10.2 Å². The van der Waals surface area contributed by atoms with Crippen LogP contribution in [-0.2, 0) is 0 Å². The number of anilines is 1. The molecule has 2 unspecified atom stereocenters. The van der Waals surface area contributed by atoms with Crippen molar-refractivity contribution in [2.24, 2.45) is 5.92 Å². The number of nitrogens with zero attached hydrogens (tertiary/aromatic N) is 1. The highest BCUT2D eigenvalue weighted by atomic mass is 35.5. The van der Waals surface area contributed by atoms with Gasteiger partial charge in [-0.25, -0.2) is 4.39 Å². The predicted octanol–water partition coefficient (Wildman–Crippen LogP) is 3.35. The second-order valence-corrected chi connectivity index (χ2v) is 7.10. The molecule has 2 saturated heterocycles. The summed E-state index contributed by atoms with van der Waals surface area (Å²) in [6, 6.07) is 5.92. The van der Waals surface area contributed by atoms with Crippen molar-refractivity contribution >= 4 is 17.3 Å². The van der Waals surface area contributed by atoms with Crippen LogP contribution in [0.25, 0.3) is 0 Å². The first-order chi connectivity index (χ1) is 10.6. The Hall–Kier alpha value is -0.840. The smallest absolute Gasteiger partial charge is 0.141 e. The van der Waals surface area contributed by atoms with E-state index in [4.69, 9.17) is 11.6 Å². The van der Waals surface area contributed by atoms with E-state index >= 15 is 0 Å². The summed E-state index contributed by atoms with van der Waals surface area (Å²) in [6.07, 6.45) is 4.79. The topological polar surface area (TPSA) is 27.3 Å². The van der Waals surface area contributed by atoms with Crippen LogP contribution in [0.4, 0.5) is 10.1 Å². The molecule has 0 spiro atoms. The normalized spacial score (nSPS) is 27.8. The van der Waals surface area contributed by atoms with Crippen LogP contribution in [-0.4, -0.2) is 43.7 Å². The Morgan fingerprint density at radius 3 is 2.77 bits per heavy atom. The number of benzene rings is 1. The fourth-order valence-electron chi connectivity index (χ4n) is 3.69. The van der Waals surface area contributed by atoms with Gasteiger partial charge in [-0.15, -0.1) is 0 Å². The van der Waals surface area contributed by atoms with Crippen LogP contribution >= 0.6 is 11.6 Å². The Morgan fingerprint density at radius 1 is 1.27 bits per heavy atom. The lowest BCUT2D eigenvalue weighted by atomic mass is 9.83. The average Bonchev–Trinajstić information content (AvgIpc) is 2.52. The maximum Gasteiger partial charge on any atom is 0.141 e. The zero-order valence-electron chi connectivity index (χ0n) is 13.1. The highest BCUT2D eigenvalue weighted by Crippen LogP contribution is 2.27. The lowest BCUT2D eigenvalue weighted by Gasteiger charge is -2.39. The first-order valence-corrected chi connectivity index (χ1v) is 8.63. The van der Waals surface area contributed by atoms with Crippen LogP contribution in [0.5, 0.6) is 0 Å². The number of hydrogen-bond acceptors (Lipinski definition) is 3. The number of hydrogen-bond donors (Lipinski definition) is 2. The first-order valence-electron chi connectivity index (χ1n) is 8.25. The van der Waals surface area contributed by atoms with E-state index in [9.17, 15) is 4.39 Å². The van der Waals surface area contributed by atoms with Gasteiger partial charge in [0.1, 0.15) is 5.82 Å². The van der Waals surface area contributed by atoms with Crippen molar-refractivity contribution in [1.29, 1.82) is 0 Å². The first kappa shape index (κ1) is 16.0. The second kappa shape index (κ2) is 7.16. The van der Waals surface area contributed by atoms with Crippen molar-refractivity contribution in [2.45, 2.75) is 37.8 Å². The summed E-state index contributed by atoms with van der Waals surface area (Å²) in [7, 11) is 2.20. The minimum absolute atomic E-state index is 0.186. The lowest BCUT2D eigenvalue weighted by molar-refractivity contribution is 0.166. The van der Waals surface area contributed by atoms with E-state index < -0.39 is 0 Å². The van der Waals surface area contributed by atoms with Crippen LogP contribution in [0.2, 0.25) is 5.02 Å². The monoisotopic (exact) mass is 325 g/mol. The molecule has 0 radical (unpaired) electrons. The van der Waals surface area contributed by atoms with Crippen LogP contribution in [0.3, 0.4) is 0 Å². The molecule has 0 saturated carbocycles. The summed E-state index contributed by atoms with van der Waals surface area (Å²) in [5.41, 5.74) is 0.917. The summed E-state index contributed by atoms with van der Waals surface area (Å²) in [5, 5.41) is 7.41. The summed E-state index contributed by atoms with van der Waals surface area (Å²) >= 11 is 5.86. The quantitative estimate of drug-likeness (QED) is 0.892. The van der Waals surface area contributed by atoms with Gasteiger partial charge in [0.25, 0.3) is 0 Å². The molecule has 2 atom stereocenters. The van der Waals surface area contributed by atoms with Crippen molar-refractivity contribution in [3.05, 3.63) is 29.0 Å². The van der Waals surface area contributed by atoms with Crippen molar-refractivity contribution < 1.29 is 4.39 Å². The van der Waals surface area contributed by atoms with Gasteiger partial charge < -0.3 is 15.5 Å². The van der Waals surface area contributed by atoms with Gasteiger partial charge in [-0.1, -0.05) is 11.6 Å². The van der Waals surface area contributed by atoms with Crippen LogP contribution < -0.4 is 10.6 Å². The molecule has 2 heterocycles. The highest BCUT2D eigenvalue weighted by molar-refractivity contribution is 6.31. The molecule has 1 aromatic rings. The molecule has 5 heteroatoms. The van der Waals surface area contributed by atoms with Gasteiger partial charge in [-0.3, -0.25) is 0 Å². The van der Waals surface area contributed by atoms with Gasteiger partial charge in [0.15, 0.2) is 0 Å². The number of piperidine rings is 2. The summed E-state index contributed by atoms with van der Waals surface area (Å²) in [5.74, 6) is 0.416. The van der Waals surface area contributed by atoms with Crippen molar-refractivity contribution in [3.63, 3.8) is 0 Å². The maximum absolute atomic E-state index is 13.2. The Kier molecular flexibility index (Phi) is 5.21. The standard InChI is InChI=1S/C17H25ClFN3/c1-22-8-5-12(6-9-22)17-11-14(4-7-20-17)21-13-2-3-16(19)15(18)10-13/h2-3,10,12,14,17,20-21H,4-9,11H2,1H3. The lowest BCUT2D eigenvalue weighted by Crippen LogP contribution is -2.49. The molecule has 0 aliphatic carbocycles. The third-order valence-electron chi connectivity index (χ3n) is 5.06. The molecular weight excluding hydrogens is 301 g/mol. The third kappa shape index (κ3) is 3.92. The Morgan fingerprint density at radius 2 is 2.05 bits per heavy atom. The Balaban J connectivity index is 1.57. The van der Waals surface area contributed by atoms with E-state index in [0.717, 1.165) is 31.0 Å². The van der Waals surface area contributed by atoms with E-state index in [0.29, 0.717) is 12.1 Å². The van der Waals surface area contributed by atoms with Gasteiger partial charge >= 0.3 is 0 Å². The fraction of sp³-hybridized carbons (Fsp3) is 0.647. The fourth-order valence-corrected chi connectivity index (χ4v) is 3.87. The molecule has 2 aliphatic heterocycles. The third-order valence-corrected chi connectivity index (χ3v) is 5.35. The zero-order valence-corrected chi connectivity index (χ0v) is 13.9. The second-order valence-electron chi connectivity index (χ2n) is 6.70. The van der Waals surface area contributed by atoms with Crippen LogP contribution in [0.1, 0.15) is 25.7 Å². The maximum atomic E-state index is 13.2. The zero-order chi connectivity index (χ0) is 15.5. The van der Waals surface area contributed by atoms with Gasteiger partial charge in [0.2, 0.25) is 0 Å². The summed E-state index contributed by atoms with van der Waals surface area (Å²) < 4.78 is 13.2. The van der Waals surface area contributed by atoms with Gasteiger partial charge in [-0.05, 0) is 76.5 Å². The highest BCUT2D eigenvalue weighted by Gasteiger charge is 2.30. The average molecular weight is 326 g/mol. The number of halogens is 2. The molecule has 3 rings (SSSR count). The molecule has 0 aromatic heterocycles. The molecule has 1 aromatic carbocycles. The van der Waals surface area contributed by atoms with E-state index in [1.54, 1.807) is 12.1 Å². The number of nitrogens with one attached hydrogen (secondary N) is 2. The Bertz CT molecular complexity index is 503. The van der Waals surface area contributed by atoms with Gasteiger partial charge in [-0.2, -0.15) is 0 Å². The molecule has 3 nitrogen and oxygen atoms in total. The number of likely N-dealkylation sites (tertiary alicyclic amines) is 1. The SMILES string of the molecule is CN1CCC(C2CC(Nc3ccc(F)c(Cl)c3)CCN2)CC1. The van der Waals surface area contributed by atoms with Crippen LogP contribution in [0, 0.1) is 11.7 Å². The van der Waals surface area contributed by atoms with E-state index in [-0.39, 0.29) is 10.8 Å². The van der Waals surface area contributed by atoms with Crippen LogP contribution in [0.15, 0.2) is 18.2 Å². The largest absolute Gasteiger partial charge is 0.382 e. The molecule has 2 fully saturated rings. The minimum Gasteiger partial charge on any atom is -0.382 e.